The smallest absolute Gasteiger partial charge is 0.252 e. The molecule has 1 aliphatic heterocycles. The summed E-state index contributed by atoms with van der Waals surface area (Å²) >= 11 is 0. The van der Waals surface area contributed by atoms with E-state index >= 15 is 0 Å². The van der Waals surface area contributed by atoms with Crippen molar-refractivity contribution in [2.45, 2.75) is 23.8 Å². The SMILES string of the molecule is O=C(N[C@@H](C(=O)[O-])c1ccccc1)c1ccc(S(=O)(=O)N2CCCC2)cc1. The molecule has 0 bridgehead atoms. The summed E-state index contributed by atoms with van der Waals surface area (Å²) in [5.41, 5.74) is 0.552. The zero-order chi connectivity index (χ0) is 19.4. The van der Waals surface area contributed by atoms with Crippen molar-refractivity contribution >= 4 is 21.9 Å². The highest BCUT2D eigenvalue weighted by Gasteiger charge is 2.27. The van der Waals surface area contributed by atoms with Crippen molar-refractivity contribution in [3.05, 3.63) is 65.7 Å². The zero-order valence-electron chi connectivity index (χ0n) is 14.5. The standard InChI is InChI=1S/C19H20N2O5S/c22-18(20-17(19(23)24)14-6-2-1-3-7-14)15-8-10-16(11-9-15)27(25,26)21-12-4-5-13-21/h1-3,6-11,17H,4-5,12-13H2,(H,20,22)(H,23,24)/p-1/t17-/m1/s1. The van der Waals surface area contributed by atoms with Crippen LogP contribution in [0.1, 0.15) is 34.8 Å². The molecule has 1 N–H and O–H groups in total. The first kappa shape index (κ1) is 19.1. The van der Waals surface area contributed by atoms with E-state index in [1.165, 1.54) is 28.6 Å². The first-order chi connectivity index (χ1) is 12.9. The number of hydrogen-bond acceptors (Lipinski definition) is 5. The summed E-state index contributed by atoms with van der Waals surface area (Å²) in [6.45, 7) is 0.990. The summed E-state index contributed by atoms with van der Waals surface area (Å²) in [6.07, 6.45) is 1.67. The molecule has 0 saturated carbocycles. The molecular formula is C19H19N2O5S-. The molecule has 0 aromatic heterocycles. The monoisotopic (exact) mass is 387 g/mol. The van der Waals surface area contributed by atoms with E-state index < -0.39 is 27.9 Å². The molecule has 2 aromatic rings. The Labute approximate surface area is 157 Å². The second-order valence-electron chi connectivity index (χ2n) is 6.27. The lowest BCUT2D eigenvalue weighted by molar-refractivity contribution is -0.308. The maximum atomic E-state index is 12.5. The first-order valence-corrected chi connectivity index (χ1v) is 10.0. The van der Waals surface area contributed by atoms with Gasteiger partial charge in [-0.2, -0.15) is 4.31 Å². The summed E-state index contributed by atoms with van der Waals surface area (Å²) in [4.78, 5) is 23.9. The number of aliphatic carboxylic acids is 1. The van der Waals surface area contributed by atoms with Gasteiger partial charge in [0.05, 0.1) is 16.9 Å². The van der Waals surface area contributed by atoms with Crippen LogP contribution in [-0.2, 0) is 14.8 Å². The lowest BCUT2D eigenvalue weighted by Gasteiger charge is -2.20. The fourth-order valence-electron chi connectivity index (χ4n) is 2.99. The van der Waals surface area contributed by atoms with Crippen LogP contribution in [0.4, 0.5) is 0 Å². The molecule has 0 unspecified atom stereocenters. The molecule has 1 fully saturated rings. The number of carboxylic acid groups (broad SMARTS) is 1. The van der Waals surface area contributed by atoms with Crippen molar-refractivity contribution in [3.8, 4) is 0 Å². The Morgan fingerprint density at radius 1 is 0.963 bits per heavy atom. The largest absolute Gasteiger partial charge is 0.548 e. The van der Waals surface area contributed by atoms with Crippen molar-refractivity contribution in [3.63, 3.8) is 0 Å². The van der Waals surface area contributed by atoms with E-state index in [1.807, 2.05) is 0 Å². The van der Waals surface area contributed by atoms with Gasteiger partial charge < -0.3 is 15.2 Å². The van der Waals surface area contributed by atoms with Crippen LogP contribution in [0.2, 0.25) is 0 Å². The Kier molecular flexibility index (Phi) is 5.57. The van der Waals surface area contributed by atoms with E-state index in [1.54, 1.807) is 30.3 Å². The van der Waals surface area contributed by atoms with Crippen molar-refractivity contribution in [2.75, 3.05) is 13.1 Å². The number of carboxylic acids is 1. The highest BCUT2D eigenvalue weighted by molar-refractivity contribution is 7.89. The molecular weight excluding hydrogens is 368 g/mol. The maximum absolute atomic E-state index is 12.5. The fraction of sp³-hybridized carbons (Fsp3) is 0.263. The van der Waals surface area contributed by atoms with Crippen LogP contribution in [0.15, 0.2) is 59.5 Å². The normalized spacial score (nSPS) is 16.0. The highest BCUT2D eigenvalue weighted by Crippen LogP contribution is 2.21. The summed E-state index contributed by atoms with van der Waals surface area (Å²) < 4.78 is 26.4. The van der Waals surface area contributed by atoms with E-state index in [9.17, 15) is 23.1 Å². The Morgan fingerprint density at radius 2 is 1.56 bits per heavy atom. The molecule has 142 valence electrons. The van der Waals surface area contributed by atoms with Crippen molar-refractivity contribution in [2.24, 2.45) is 0 Å². The molecule has 1 atom stereocenters. The van der Waals surface area contributed by atoms with Crippen LogP contribution in [0.5, 0.6) is 0 Å². The second-order valence-corrected chi connectivity index (χ2v) is 8.21. The predicted molar refractivity (Wildman–Crippen MR) is 96.1 cm³/mol. The van der Waals surface area contributed by atoms with E-state index in [0.29, 0.717) is 18.7 Å². The average molecular weight is 387 g/mol. The molecule has 0 radical (unpaired) electrons. The Hall–Kier alpha value is -2.71. The van der Waals surface area contributed by atoms with Crippen molar-refractivity contribution < 1.29 is 23.1 Å². The maximum Gasteiger partial charge on any atom is 0.252 e. The number of nitrogens with one attached hydrogen (secondary N) is 1. The number of amides is 1. The van der Waals surface area contributed by atoms with Gasteiger partial charge in [0.15, 0.2) is 0 Å². The third-order valence-corrected chi connectivity index (χ3v) is 6.38. The van der Waals surface area contributed by atoms with E-state index in [-0.39, 0.29) is 10.5 Å². The van der Waals surface area contributed by atoms with E-state index in [4.69, 9.17) is 0 Å². The van der Waals surface area contributed by atoms with Gasteiger partial charge in [-0.1, -0.05) is 30.3 Å². The highest BCUT2D eigenvalue weighted by atomic mass is 32.2. The molecule has 0 aliphatic carbocycles. The van der Waals surface area contributed by atoms with Crippen LogP contribution in [0.25, 0.3) is 0 Å². The molecule has 1 heterocycles. The lowest BCUT2D eigenvalue weighted by Crippen LogP contribution is -2.41. The van der Waals surface area contributed by atoms with E-state index in [2.05, 4.69) is 5.32 Å². The van der Waals surface area contributed by atoms with Gasteiger partial charge in [-0.05, 0) is 42.7 Å². The molecule has 0 spiro atoms. The summed E-state index contributed by atoms with van der Waals surface area (Å²) in [6, 6.07) is 12.4. The predicted octanol–water partition coefficient (Wildman–Crippen LogP) is 0.692. The van der Waals surface area contributed by atoms with E-state index in [0.717, 1.165) is 12.8 Å². The molecule has 2 aromatic carbocycles. The Morgan fingerprint density at radius 3 is 2.11 bits per heavy atom. The van der Waals surface area contributed by atoms with Gasteiger partial charge in [-0.25, -0.2) is 8.42 Å². The Balaban J connectivity index is 1.76. The number of carbonyl (C=O) groups excluding carboxylic acids is 2. The number of rotatable bonds is 6. The molecule has 1 aliphatic rings. The molecule has 3 rings (SSSR count). The molecule has 1 saturated heterocycles. The van der Waals surface area contributed by atoms with Gasteiger partial charge in [0, 0.05) is 18.7 Å². The Bertz CT molecular complexity index is 920. The minimum atomic E-state index is -3.56. The van der Waals surface area contributed by atoms with Gasteiger partial charge in [-0.15, -0.1) is 0 Å². The quantitative estimate of drug-likeness (QED) is 0.785. The number of carbonyl (C=O) groups is 2. The van der Waals surface area contributed by atoms with Crippen LogP contribution in [0, 0.1) is 0 Å². The van der Waals surface area contributed by atoms with Crippen LogP contribution >= 0.6 is 0 Å². The molecule has 8 heteroatoms. The summed E-state index contributed by atoms with van der Waals surface area (Å²) in [5, 5.41) is 13.8. The van der Waals surface area contributed by atoms with Crippen LogP contribution in [0.3, 0.4) is 0 Å². The average Bonchev–Trinajstić information content (AvgIpc) is 3.22. The van der Waals surface area contributed by atoms with Gasteiger partial charge >= 0.3 is 0 Å². The summed E-state index contributed by atoms with van der Waals surface area (Å²) in [5.74, 6) is -2.05. The molecule has 1 amide bonds. The van der Waals surface area contributed by atoms with Gasteiger partial charge in [0.25, 0.3) is 5.91 Å². The number of sulfonamides is 1. The van der Waals surface area contributed by atoms with Crippen molar-refractivity contribution in [1.29, 1.82) is 0 Å². The third-order valence-electron chi connectivity index (χ3n) is 4.46. The number of nitrogens with zero attached hydrogens (tertiary/aromatic N) is 1. The molecule has 7 nitrogen and oxygen atoms in total. The van der Waals surface area contributed by atoms with Gasteiger partial charge in [0.2, 0.25) is 10.0 Å². The van der Waals surface area contributed by atoms with Crippen molar-refractivity contribution in [1.82, 2.24) is 9.62 Å². The third kappa shape index (κ3) is 4.17. The fourth-order valence-corrected chi connectivity index (χ4v) is 4.51. The van der Waals surface area contributed by atoms with Crippen LogP contribution in [-0.4, -0.2) is 37.7 Å². The number of benzene rings is 2. The molecule has 27 heavy (non-hydrogen) atoms. The zero-order valence-corrected chi connectivity index (χ0v) is 15.3. The minimum Gasteiger partial charge on any atom is -0.548 e. The number of hydrogen-bond donors (Lipinski definition) is 1. The summed E-state index contributed by atoms with van der Waals surface area (Å²) in [7, 11) is -3.56. The van der Waals surface area contributed by atoms with Crippen LogP contribution < -0.4 is 10.4 Å². The topological polar surface area (TPSA) is 107 Å². The minimum absolute atomic E-state index is 0.112. The van der Waals surface area contributed by atoms with Gasteiger partial charge in [-0.3, -0.25) is 4.79 Å². The second kappa shape index (κ2) is 7.89. The van der Waals surface area contributed by atoms with Gasteiger partial charge in [0.1, 0.15) is 0 Å². The first-order valence-electron chi connectivity index (χ1n) is 8.56. The lowest BCUT2D eigenvalue weighted by atomic mass is 10.1.